The number of nitrogens with zero attached hydrogens (tertiary/aromatic N) is 6. The van der Waals surface area contributed by atoms with Gasteiger partial charge in [0.05, 0.1) is 38.6 Å². The summed E-state index contributed by atoms with van der Waals surface area (Å²) in [6.45, 7) is 14.7. The SMILES string of the molecule is CCCCCCCCOc1ccc(-c2ccc(S(=O)[O-])cc2)cc1.CCCCCCCOc1ccc2cc(C=O)cnc2c1.CCCCCOc1ccc(-c2cc(-c3ccc(C=O)cc3)no2)cc1.CCCCCOc1ccc(-c2nnc(-c3ccc(C=O)cc3)s2)cc1.CCCCCOc1ccc(-c2noc(-c3ccc(C=O)cc3)n2)cc1. The third kappa shape index (κ3) is 31.2. The molecule has 0 aliphatic rings. The van der Waals surface area contributed by atoms with Crippen LogP contribution in [0.4, 0.5) is 0 Å². The van der Waals surface area contributed by atoms with Gasteiger partial charge in [-0.25, -0.2) is 0 Å². The van der Waals surface area contributed by atoms with Crippen LogP contribution < -0.4 is 23.7 Å². The molecule has 0 N–H and O–H groups in total. The molecule has 1 unspecified atom stereocenters. The maximum atomic E-state index is 10.9. The van der Waals surface area contributed by atoms with E-state index in [4.69, 9.17) is 32.7 Å². The molecule has 0 bridgehead atoms. The first kappa shape index (κ1) is 91.0. The largest absolute Gasteiger partial charge is 0.768 e. The molecule has 0 aliphatic carbocycles. The summed E-state index contributed by atoms with van der Waals surface area (Å²) in [5, 5.41) is 19.4. The minimum absolute atomic E-state index is 0.303. The fourth-order valence-corrected chi connectivity index (χ4v) is 13.3. The van der Waals surface area contributed by atoms with E-state index in [-0.39, 0.29) is 0 Å². The lowest BCUT2D eigenvalue weighted by Gasteiger charge is -2.09. The number of fused-ring (bicyclic) bond motifs is 1. The van der Waals surface area contributed by atoms with E-state index >= 15 is 0 Å². The number of carbonyl (C=O) groups is 4. The maximum absolute atomic E-state index is 10.9. The van der Waals surface area contributed by atoms with Gasteiger partial charge in [0.2, 0.25) is 5.82 Å². The second-order valence-corrected chi connectivity index (χ2v) is 30.2. The van der Waals surface area contributed by atoms with Crippen LogP contribution in [0.1, 0.15) is 204 Å². The third-order valence-electron chi connectivity index (χ3n) is 19.0. The second-order valence-electron chi connectivity index (χ2n) is 28.3. The second kappa shape index (κ2) is 52.0. The highest BCUT2D eigenvalue weighted by Crippen LogP contribution is 2.33. The van der Waals surface area contributed by atoms with Crippen LogP contribution >= 0.6 is 11.3 Å². The summed E-state index contributed by atoms with van der Waals surface area (Å²) in [4.78, 5) is 51.9. The summed E-state index contributed by atoms with van der Waals surface area (Å²) < 4.78 is 61.2. The first-order chi connectivity index (χ1) is 58.4. The van der Waals surface area contributed by atoms with Gasteiger partial charge < -0.3 is 37.3 Å². The summed E-state index contributed by atoms with van der Waals surface area (Å²) in [5.41, 5.74) is 11.6. The molecule has 4 aromatic heterocycles. The van der Waals surface area contributed by atoms with Crippen LogP contribution in [-0.4, -0.2) is 97.4 Å². The van der Waals surface area contributed by atoms with Crippen molar-refractivity contribution in [3.63, 3.8) is 0 Å². The highest BCUT2D eigenvalue weighted by Gasteiger charge is 2.15. The highest BCUT2D eigenvalue weighted by atomic mass is 32.2. The Kier molecular flexibility index (Phi) is 39.8. The minimum Gasteiger partial charge on any atom is -0.768 e. The number of hydrogen-bond acceptors (Lipinski definition) is 20. The Balaban J connectivity index is 0.000000170. The molecule has 119 heavy (non-hydrogen) atoms. The van der Waals surface area contributed by atoms with E-state index in [2.05, 4.69) is 65.1 Å². The van der Waals surface area contributed by atoms with E-state index in [1.54, 1.807) is 66.9 Å². The van der Waals surface area contributed by atoms with Crippen LogP contribution in [0.2, 0.25) is 0 Å². The van der Waals surface area contributed by atoms with Crippen molar-refractivity contribution >= 4 is 58.5 Å². The van der Waals surface area contributed by atoms with Gasteiger partial charge in [-0.3, -0.25) is 28.4 Å². The molecular formula is C98H107N6O13S2-. The van der Waals surface area contributed by atoms with Crippen molar-refractivity contribution < 1.29 is 60.7 Å². The Morgan fingerprint density at radius 3 is 1.16 bits per heavy atom. The molecule has 0 fully saturated rings. The minimum atomic E-state index is -2.18. The molecule has 9 aromatic carbocycles. The molecule has 1 atom stereocenters. The number of carbonyl (C=O) groups excluding carboxylic acids is 4. The molecule has 21 heteroatoms. The first-order valence-electron chi connectivity index (χ1n) is 41.3. The molecule has 0 radical (unpaired) electrons. The summed E-state index contributed by atoms with van der Waals surface area (Å²) in [5.74, 6) is 5.96. The van der Waals surface area contributed by atoms with Crippen LogP contribution in [0.15, 0.2) is 245 Å². The summed E-state index contributed by atoms with van der Waals surface area (Å²) in [6.07, 6.45) is 28.9. The molecule has 0 saturated carbocycles. The van der Waals surface area contributed by atoms with E-state index in [0.29, 0.717) is 44.6 Å². The lowest BCUT2D eigenvalue weighted by atomic mass is 10.1. The molecule has 0 saturated heterocycles. The van der Waals surface area contributed by atoms with Crippen molar-refractivity contribution in [1.29, 1.82) is 0 Å². The predicted molar refractivity (Wildman–Crippen MR) is 474 cm³/mol. The first-order valence-corrected chi connectivity index (χ1v) is 43.2. The van der Waals surface area contributed by atoms with Gasteiger partial charge in [-0.15, -0.1) is 10.2 Å². The molecular weight excluding hydrogens is 1530 g/mol. The number of aromatic nitrogens is 6. The van der Waals surface area contributed by atoms with Crippen LogP contribution in [0.25, 0.3) is 88.6 Å². The van der Waals surface area contributed by atoms with Gasteiger partial charge in [0.1, 0.15) is 63.3 Å². The summed E-state index contributed by atoms with van der Waals surface area (Å²) in [6, 6.07) is 69.4. The van der Waals surface area contributed by atoms with Crippen LogP contribution in [-0.2, 0) is 11.1 Å². The Labute approximate surface area is 705 Å². The standard InChI is InChI=1S/C21H21NO3.C20H20N2O3.C20H20N2O2S.C20H26O3S.C17H21NO2/c1-2-3-4-13-24-19-11-9-18(10-12-19)21-14-20(22-25-21)17-7-5-16(15-23)6-8-17;1-2-3-4-13-24-18-11-9-16(10-12-18)19-21-20(25-22-19)17-7-5-15(14-23)6-8-17;1-2-3-4-13-24-18-11-9-17(10-12-18)20-22-21-19(25-20)16-7-5-15(14-23)6-8-16;1-2-3-4-5-6-7-16-23-19-12-8-17(9-13-19)18-10-14-20(15-11-18)24(21)22;1-2-3-4-5-6-9-20-16-8-7-15-10-14(13-19)12-18-17(15)11-16/h5-12,14-15H,2-4,13H2,1H3;2*5-12,14H,2-4,13H2,1H3;8-15H,2-7,16H2,1H3,(H,21,22);7-8,10-13H,2-6,9H2,1H3/p-1. The van der Waals surface area contributed by atoms with Gasteiger partial charge in [0, 0.05) is 84.2 Å². The van der Waals surface area contributed by atoms with Gasteiger partial charge in [-0.2, -0.15) is 4.98 Å². The zero-order valence-corrected chi connectivity index (χ0v) is 70.4. The maximum Gasteiger partial charge on any atom is 0.258 e. The topological polar surface area (TPSA) is 258 Å². The van der Waals surface area contributed by atoms with Crippen molar-refractivity contribution in [1.82, 2.24) is 30.5 Å². The Hall–Kier alpha value is -11.9. The lowest BCUT2D eigenvalue weighted by Crippen LogP contribution is -1.97. The smallest absolute Gasteiger partial charge is 0.258 e. The van der Waals surface area contributed by atoms with E-state index in [9.17, 15) is 27.9 Å². The summed E-state index contributed by atoms with van der Waals surface area (Å²) >= 11 is -0.644. The van der Waals surface area contributed by atoms with Crippen LogP contribution in [0.3, 0.4) is 0 Å². The van der Waals surface area contributed by atoms with Crippen molar-refractivity contribution in [2.45, 2.75) is 168 Å². The fraction of sp³-hybridized carbons (Fsp3) is 0.306. The highest BCUT2D eigenvalue weighted by molar-refractivity contribution is 7.79. The number of rotatable bonds is 42. The van der Waals surface area contributed by atoms with E-state index in [1.807, 2.05) is 164 Å². The average Bonchev–Trinajstić information content (AvgIpc) is 1.79. The number of pyridine rings is 1. The van der Waals surface area contributed by atoms with Crippen LogP contribution in [0, 0.1) is 0 Å². The van der Waals surface area contributed by atoms with Crippen molar-refractivity contribution in [2.75, 3.05) is 33.0 Å². The quantitative estimate of drug-likeness (QED) is 0.0196. The van der Waals surface area contributed by atoms with Gasteiger partial charge in [0.25, 0.3) is 5.89 Å². The van der Waals surface area contributed by atoms with Crippen molar-refractivity contribution in [3.8, 4) is 106 Å². The molecule has 19 nitrogen and oxygen atoms in total. The van der Waals surface area contributed by atoms with Gasteiger partial charge in [0.15, 0.2) is 12.0 Å². The third-order valence-corrected chi connectivity index (χ3v) is 20.7. The van der Waals surface area contributed by atoms with Gasteiger partial charge in [-0.1, -0.05) is 238 Å². The fourth-order valence-electron chi connectivity index (χ4n) is 12.1. The Morgan fingerprint density at radius 1 is 0.353 bits per heavy atom. The Bertz CT molecular complexity index is 4760. The molecule has 0 aliphatic heterocycles. The number of ether oxygens (including phenoxy) is 5. The molecule has 0 amide bonds. The van der Waals surface area contributed by atoms with Gasteiger partial charge >= 0.3 is 0 Å². The monoisotopic (exact) mass is 1640 g/mol. The zero-order chi connectivity index (χ0) is 83.9. The molecule has 620 valence electrons. The van der Waals surface area contributed by atoms with E-state index in [1.165, 1.54) is 108 Å². The van der Waals surface area contributed by atoms with E-state index in [0.717, 1.165) is 190 Å². The molecule has 4 heterocycles. The van der Waals surface area contributed by atoms with E-state index < -0.39 is 11.1 Å². The molecule has 13 rings (SSSR count). The average molecular weight is 1640 g/mol. The van der Waals surface area contributed by atoms with Crippen molar-refractivity contribution in [3.05, 3.63) is 253 Å². The number of aldehydes is 4. The number of benzene rings is 9. The zero-order valence-electron chi connectivity index (χ0n) is 68.7. The predicted octanol–water partition coefficient (Wildman–Crippen LogP) is 25.2. The number of hydrogen-bond donors (Lipinski definition) is 0. The van der Waals surface area contributed by atoms with Gasteiger partial charge in [-0.05, 0) is 182 Å². The summed E-state index contributed by atoms with van der Waals surface area (Å²) in [7, 11) is 0. The van der Waals surface area contributed by atoms with Crippen molar-refractivity contribution in [2.24, 2.45) is 0 Å². The Morgan fingerprint density at radius 2 is 0.714 bits per heavy atom. The molecule has 0 spiro atoms. The number of unbranched alkanes of at least 4 members (excludes halogenated alkanes) is 15. The molecule has 13 aromatic rings. The lowest BCUT2D eigenvalue weighted by molar-refractivity contribution is 0.111. The normalized spacial score (nSPS) is 10.9. The van der Waals surface area contributed by atoms with Crippen LogP contribution in [0.5, 0.6) is 28.7 Å².